The molecule has 1 aromatic heterocycles. The predicted molar refractivity (Wildman–Crippen MR) is 97.4 cm³/mol. The summed E-state index contributed by atoms with van der Waals surface area (Å²) in [5, 5.41) is 14.6. The second-order valence-electron chi connectivity index (χ2n) is 6.83. The number of aliphatic hydroxyl groups excluding tert-OH is 1. The third kappa shape index (κ3) is 3.33. The molecule has 5 nitrogen and oxygen atoms in total. The standard InChI is InChI=1S/C20H27N3O2/c1-4-16(5-2)23-14(3)18(12-21-23)20(25)22-13-17(24)11-19(22)15-9-7-6-8-10-15/h6-10,12,16-17,19,24H,4-5,11,13H2,1-3H3/t17-,19-/m1/s1. The summed E-state index contributed by atoms with van der Waals surface area (Å²) in [6.45, 7) is 6.61. The van der Waals surface area contributed by atoms with Gasteiger partial charge in [-0.25, -0.2) is 0 Å². The molecule has 0 spiro atoms. The third-order valence-corrected chi connectivity index (χ3v) is 5.29. The highest BCUT2D eigenvalue weighted by Gasteiger charge is 2.36. The Balaban J connectivity index is 1.89. The van der Waals surface area contributed by atoms with Gasteiger partial charge in [-0.3, -0.25) is 9.48 Å². The molecular formula is C20H27N3O2. The zero-order valence-electron chi connectivity index (χ0n) is 15.2. The van der Waals surface area contributed by atoms with Gasteiger partial charge < -0.3 is 10.0 Å². The molecule has 0 aliphatic carbocycles. The SMILES string of the molecule is CCC(CC)n1ncc(C(=O)N2C[C@H](O)C[C@@H]2c2ccccc2)c1C. The first-order valence-corrected chi connectivity index (χ1v) is 9.14. The fraction of sp³-hybridized carbons (Fsp3) is 0.500. The van der Waals surface area contributed by atoms with Crippen LogP contribution < -0.4 is 0 Å². The van der Waals surface area contributed by atoms with Crippen molar-refractivity contribution in [1.82, 2.24) is 14.7 Å². The molecule has 1 saturated heterocycles. The van der Waals surface area contributed by atoms with E-state index in [-0.39, 0.29) is 11.9 Å². The average Bonchev–Trinajstić information content (AvgIpc) is 3.20. The number of rotatable bonds is 5. The molecule has 25 heavy (non-hydrogen) atoms. The van der Waals surface area contributed by atoms with Gasteiger partial charge in [0, 0.05) is 12.2 Å². The van der Waals surface area contributed by atoms with Crippen molar-refractivity contribution in [3.63, 3.8) is 0 Å². The number of carbonyl (C=O) groups is 1. The van der Waals surface area contributed by atoms with Crippen LogP contribution >= 0.6 is 0 Å². The maximum atomic E-state index is 13.2. The number of nitrogens with zero attached hydrogens (tertiary/aromatic N) is 3. The first kappa shape index (κ1) is 17.7. The molecule has 0 saturated carbocycles. The molecule has 134 valence electrons. The lowest BCUT2D eigenvalue weighted by molar-refractivity contribution is 0.0715. The minimum Gasteiger partial charge on any atom is -0.391 e. The molecule has 1 aliphatic rings. The topological polar surface area (TPSA) is 58.4 Å². The van der Waals surface area contributed by atoms with E-state index >= 15 is 0 Å². The number of β-amino-alcohol motifs (C(OH)–C–C–N with tert-alkyl or cyclic N) is 1. The van der Waals surface area contributed by atoms with Crippen LogP contribution in [0.1, 0.15) is 66.8 Å². The molecule has 1 fully saturated rings. The van der Waals surface area contributed by atoms with Gasteiger partial charge in [0.05, 0.1) is 29.9 Å². The highest BCUT2D eigenvalue weighted by molar-refractivity contribution is 5.95. The lowest BCUT2D eigenvalue weighted by Gasteiger charge is -2.25. The fourth-order valence-corrected chi connectivity index (χ4v) is 3.82. The zero-order chi connectivity index (χ0) is 18.0. The Morgan fingerprint density at radius 2 is 1.96 bits per heavy atom. The summed E-state index contributed by atoms with van der Waals surface area (Å²) in [7, 11) is 0. The lowest BCUT2D eigenvalue weighted by atomic mass is 10.0. The second kappa shape index (κ2) is 7.40. The molecule has 2 atom stereocenters. The summed E-state index contributed by atoms with van der Waals surface area (Å²) in [6.07, 6.45) is 3.75. The van der Waals surface area contributed by atoms with Gasteiger partial charge in [0.15, 0.2) is 0 Å². The Bertz CT molecular complexity index is 722. The Morgan fingerprint density at radius 1 is 1.28 bits per heavy atom. The van der Waals surface area contributed by atoms with Crippen LogP contribution in [0.25, 0.3) is 0 Å². The molecule has 0 radical (unpaired) electrons. The molecule has 0 bridgehead atoms. The molecule has 2 heterocycles. The Morgan fingerprint density at radius 3 is 2.60 bits per heavy atom. The summed E-state index contributed by atoms with van der Waals surface area (Å²) in [5.41, 5.74) is 2.62. The first-order valence-electron chi connectivity index (χ1n) is 9.14. The van der Waals surface area contributed by atoms with E-state index < -0.39 is 6.10 Å². The molecule has 1 N–H and O–H groups in total. The molecule has 2 aromatic rings. The minimum atomic E-state index is -0.483. The highest BCUT2D eigenvalue weighted by atomic mass is 16.3. The summed E-state index contributed by atoms with van der Waals surface area (Å²) in [4.78, 5) is 15.0. The van der Waals surface area contributed by atoms with Crippen LogP contribution in [-0.4, -0.2) is 38.3 Å². The fourth-order valence-electron chi connectivity index (χ4n) is 3.82. The normalized spacial score (nSPS) is 20.4. The van der Waals surface area contributed by atoms with Crippen LogP contribution in [0, 0.1) is 6.92 Å². The number of hydrogen-bond acceptors (Lipinski definition) is 3. The number of carbonyl (C=O) groups excluding carboxylic acids is 1. The second-order valence-corrected chi connectivity index (χ2v) is 6.83. The minimum absolute atomic E-state index is 0.0416. The van der Waals surface area contributed by atoms with E-state index in [0.717, 1.165) is 24.1 Å². The Labute approximate surface area is 149 Å². The quantitative estimate of drug-likeness (QED) is 0.905. The molecule has 1 amide bonds. The van der Waals surface area contributed by atoms with Crippen molar-refractivity contribution in [1.29, 1.82) is 0 Å². The van der Waals surface area contributed by atoms with E-state index in [1.807, 2.05) is 41.9 Å². The number of hydrogen-bond donors (Lipinski definition) is 1. The maximum Gasteiger partial charge on any atom is 0.257 e. The molecule has 3 rings (SSSR count). The van der Waals surface area contributed by atoms with Gasteiger partial charge in [-0.2, -0.15) is 5.10 Å². The van der Waals surface area contributed by atoms with E-state index in [2.05, 4.69) is 18.9 Å². The van der Waals surface area contributed by atoms with Gasteiger partial charge in [0.1, 0.15) is 0 Å². The largest absolute Gasteiger partial charge is 0.391 e. The van der Waals surface area contributed by atoms with Crippen molar-refractivity contribution >= 4 is 5.91 Å². The number of amides is 1. The molecule has 0 unspecified atom stereocenters. The summed E-state index contributed by atoms with van der Waals surface area (Å²) in [5.74, 6) is -0.0416. The van der Waals surface area contributed by atoms with Crippen LogP contribution in [0.4, 0.5) is 0 Å². The summed E-state index contributed by atoms with van der Waals surface area (Å²) < 4.78 is 1.97. The van der Waals surface area contributed by atoms with Gasteiger partial charge in [0.2, 0.25) is 0 Å². The van der Waals surface area contributed by atoms with Crippen molar-refractivity contribution in [3.05, 3.63) is 53.3 Å². The molecule has 5 heteroatoms. The van der Waals surface area contributed by atoms with Crippen LogP contribution in [-0.2, 0) is 0 Å². The number of aromatic nitrogens is 2. The van der Waals surface area contributed by atoms with E-state index in [0.29, 0.717) is 24.6 Å². The Kier molecular flexibility index (Phi) is 5.23. The molecule has 1 aliphatic heterocycles. The van der Waals surface area contributed by atoms with E-state index in [4.69, 9.17) is 0 Å². The predicted octanol–water partition coefficient (Wildman–Crippen LogP) is 3.50. The third-order valence-electron chi connectivity index (χ3n) is 5.29. The molecular weight excluding hydrogens is 314 g/mol. The van der Waals surface area contributed by atoms with Gasteiger partial charge in [-0.15, -0.1) is 0 Å². The highest BCUT2D eigenvalue weighted by Crippen LogP contribution is 2.34. The summed E-state index contributed by atoms with van der Waals surface area (Å²) >= 11 is 0. The van der Waals surface area contributed by atoms with Crippen LogP contribution in [0.5, 0.6) is 0 Å². The zero-order valence-corrected chi connectivity index (χ0v) is 15.2. The van der Waals surface area contributed by atoms with Gasteiger partial charge in [0.25, 0.3) is 5.91 Å². The van der Waals surface area contributed by atoms with E-state index in [9.17, 15) is 9.90 Å². The van der Waals surface area contributed by atoms with Crippen molar-refractivity contribution in [2.24, 2.45) is 0 Å². The first-order chi connectivity index (χ1) is 12.1. The van der Waals surface area contributed by atoms with Crippen molar-refractivity contribution in [2.75, 3.05) is 6.54 Å². The maximum absolute atomic E-state index is 13.2. The average molecular weight is 341 g/mol. The van der Waals surface area contributed by atoms with E-state index in [1.165, 1.54) is 0 Å². The van der Waals surface area contributed by atoms with Crippen LogP contribution in [0.3, 0.4) is 0 Å². The van der Waals surface area contributed by atoms with Crippen molar-refractivity contribution < 1.29 is 9.90 Å². The van der Waals surface area contributed by atoms with Gasteiger partial charge in [-0.05, 0) is 31.7 Å². The molecule has 1 aromatic carbocycles. The smallest absolute Gasteiger partial charge is 0.257 e. The van der Waals surface area contributed by atoms with E-state index in [1.54, 1.807) is 11.1 Å². The van der Waals surface area contributed by atoms with Gasteiger partial charge in [-0.1, -0.05) is 44.2 Å². The van der Waals surface area contributed by atoms with Crippen molar-refractivity contribution in [2.45, 2.75) is 58.2 Å². The number of likely N-dealkylation sites (tertiary alicyclic amines) is 1. The monoisotopic (exact) mass is 341 g/mol. The number of aliphatic hydroxyl groups is 1. The van der Waals surface area contributed by atoms with Crippen molar-refractivity contribution in [3.8, 4) is 0 Å². The van der Waals surface area contributed by atoms with Crippen LogP contribution in [0.2, 0.25) is 0 Å². The Hall–Kier alpha value is -2.14. The van der Waals surface area contributed by atoms with Gasteiger partial charge >= 0.3 is 0 Å². The van der Waals surface area contributed by atoms with Crippen LogP contribution in [0.15, 0.2) is 36.5 Å². The number of benzene rings is 1. The summed E-state index contributed by atoms with van der Waals surface area (Å²) in [6, 6.07) is 10.2. The lowest BCUT2D eigenvalue weighted by Crippen LogP contribution is -2.32.